The van der Waals surface area contributed by atoms with Gasteiger partial charge in [-0.15, -0.1) is 0 Å². The summed E-state index contributed by atoms with van der Waals surface area (Å²) in [6.45, 7) is 3.74. The maximum absolute atomic E-state index is 11.0. The van der Waals surface area contributed by atoms with Gasteiger partial charge in [0.25, 0.3) is 0 Å². The third-order valence-electron chi connectivity index (χ3n) is 5.88. The molecule has 1 heterocycles. The molecule has 2 aliphatic carbocycles. The molecule has 1 aliphatic heterocycles. The van der Waals surface area contributed by atoms with Crippen LogP contribution in [0.3, 0.4) is 0 Å². The third-order valence-corrected chi connectivity index (χ3v) is 5.88. The molecule has 0 aromatic heterocycles. The fourth-order valence-electron chi connectivity index (χ4n) is 4.37. The molecule has 0 amide bonds. The summed E-state index contributed by atoms with van der Waals surface area (Å²) in [6, 6.07) is 0. The number of ether oxygens (including phenoxy) is 2. The molecule has 3 nitrogen and oxygen atoms in total. The Kier molecular flexibility index (Phi) is 3.89. The van der Waals surface area contributed by atoms with E-state index in [-0.39, 0.29) is 5.79 Å². The zero-order valence-electron chi connectivity index (χ0n) is 12.2. The molecule has 110 valence electrons. The van der Waals surface area contributed by atoms with E-state index in [0.717, 1.165) is 44.8 Å². The fourth-order valence-corrected chi connectivity index (χ4v) is 4.37. The van der Waals surface area contributed by atoms with Gasteiger partial charge in [-0.2, -0.15) is 0 Å². The number of hydrogen-bond donors (Lipinski definition) is 1. The van der Waals surface area contributed by atoms with E-state index in [1.807, 2.05) is 0 Å². The van der Waals surface area contributed by atoms with Gasteiger partial charge in [-0.05, 0) is 37.5 Å². The van der Waals surface area contributed by atoms with E-state index in [1.165, 1.54) is 32.1 Å². The molecule has 3 heteroatoms. The average molecular weight is 268 g/mol. The molecule has 0 bridgehead atoms. The number of aliphatic hydroxyl groups is 1. The predicted octanol–water partition coefficient (Wildman–Crippen LogP) is 3.25. The molecular formula is C16H28O3. The zero-order chi connectivity index (χ0) is 13.3. The van der Waals surface area contributed by atoms with E-state index in [9.17, 15) is 5.11 Å². The van der Waals surface area contributed by atoms with Gasteiger partial charge in [0, 0.05) is 12.8 Å². The van der Waals surface area contributed by atoms with Crippen molar-refractivity contribution < 1.29 is 14.6 Å². The van der Waals surface area contributed by atoms with Crippen LogP contribution in [-0.4, -0.2) is 29.7 Å². The first-order chi connectivity index (χ1) is 9.16. The van der Waals surface area contributed by atoms with Crippen LogP contribution in [-0.2, 0) is 9.47 Å². The van der Waals surface area contributed by atoms with Gasteiger partial charge in [0.2, 0.25) is 0 Å². The molecule has 0 aromatic rings. The Labute approximate surface area is 116 Å². The minimum absolute atomic E-state index is 0.340. The average Bonchev–Trinajstić information content (AvgIpc) is 2.92. The van der Waals surface area contributed by atoms with Crippen LogP contribution in [0.2, 0.25) is 0 Å². The van der Waals surface area contributed by atoms with Crippen molar-refractivity contribution in [3.63, 3.8) is 0 Å². The van der Waals surface area contributed by atoms with Crippen LogP contribution < -0.4 is 0 Å². The molecule has 0 aromatic carbocycles. The first-order valence-electron chi connectivity index (χ1n) is 8.16. The summed E-state index contributed by atoms with van der Waals surface area (Å²) in [7, 11) is 0. The number of rotatable bonds is 2. The largest absolute Gasteiger partial charge is 0.390 e. The molecule has 3 fully saturated rings. The zero-order valence-corrected chi connectivity index (χ0v) is 12.2. The molecule has 1 saturated heterocycles. The maximum atomic E-state index is 11.0. The Bertz CT molecular complexity index is 291. The summed E-state index contributed by atoms with van der Waals surface area (Å²) in [5, 5.41) is 11.0. The van der Waals surface area contributed by atoms with Crippen LogP contribution in [0.4, 0.5) is 0 Å². The van der Waals surface area contributed by atoms with Gasteiger partial charge in [0.1, 0.15) is 0 Å². The normalized spacial score (nSPS) is 37.6. The van der Waals surface area contributed by atoms with Crippen LogP contribution in [0.5, 0.6) is 0 Å². The van der Waals surface area contributed by atoms with Crippen molar-refractivity contribution in [3.8, 4) is 0 Å². The molecule has 19 heavy (non-hydrogen) atoms. The Morgan fingerprint density at radius 3 is 2.05 bits per heavy atom. The van der Waals surface area contributed by atoms with Gasteiger partial charge in [-0.25, -0.2) is 0 Å². The van der Waals surface area contributed by atoms with Crippen LogP contribution in [0, 0.1) is 11.8 Å². The first-order valence-corrected chi connectivity index (χ1v) is 8.16. The van der Waals surface area contributed by atoms with Crippen molar-refractivity contribution in [1.82, 2.24) is 0 Å². The molecule has 2 saturated carbocycles. The standard InChI is InChI=1S/C16H28O3/c1-2-13-3-5-14(6-4-13)15(17)7-9-16(10-8-15)18-11-12-19-16/h13-14,17H,2-12H2,1H3. The van der Waals surface area contributed by atoms with Crippen LogP contribution in [0.25, 0.3) is 0 Å². The second-order valence-corrected chi connectivity index (χ2v) is 6.84. The molecule has 0 atom stereocenters. The minimum atomic E-state index is -0.445. The van der Waals surface area contributed by atoms with Gasteiger partial charge in [0.05, 0.1) is 18.8 Å². The van der Waals surface area contributed by atoms with E-state index in [1.54, 1.807) is 0 Å². The monoisotopic (exact) mass is 268 g/mol. The van der Waals surface area contributed by atoms with Gasteiger partial charge in [-0.3, -0.25) is 0 Å². The lowest BCUT2D eigenvalue weighted by molar-refractivity contribution is -0.212. The Morgan fingerprint density at radius 2 is 1.53 bits per heavy atom. The summed E-state index contributed by atoms with van der Waals surface area (Å²) in [5.74, 6) is 1.07. The second-order valence-electron chi connectivity index (χ2n) is 6.84. The highest BCUT2D eigenvalue weighted by Gasteiger charge is 2.48. The quantitative estimate of drug-likeness (QED) is 0.835. The maximum Gasteiger partial charge on any atom is 0.168 e. The van der Waals surface area contributed by atoms with Crippen molar-refractivity contribution in [2.75, 3.05) is 13.2 Å². The van der Waals surface area contributed by atoms with E-state index in [2.05, 4.69) is 6.92 Å². The van der Waals surface area contributed by atoms with Gasteiger partial charge < -0.3 is 14.6 Å². The van der Waals surface area contributed by atoms with Crippen molar-refractivity contribution in [1.29, 1.82) is 0 Å². The molecule has 1 N–H and O–H groups in total. The van der Waals surface area contributed by atoms with Crippen molar-refractivity contribution >= 4 is 0 Å². The Hall–Kier alpha value is -0.120. The van der Waals surface area contributed by atoms with Crippen molar-refractivity contribution in [2.24, 2.45) is 11.8 Å². The van der Waals surface area contributed by atoms with Crippen LogP contribution in [0.1, 0.15) is 64.7 Å². The second kappa shape index (κ2) is 5.34. The molecule has 3 rings (SSSR count). The predicted molar refractivity (Wildman–Crippen MR) is 73.8 cm³/mol. The van der Waals surface area contributed by atoms with Gasteiger partial charge in [0.15, 0.2) is 5.79 Å². The highest BCUT2D eigenvalue weighted by atomic mass is 16.7. The van der Waals surface area contributed by atoms with E-state index in [4.69, 9.17) is 9.47 Å². The Morgan fingerprint density at radius 1 is 0.947 bits per heavy atom. The molecule has 1 spiro atoms. The summed E-state index contributed by atoms with van der Waals surface area (Å²) >= 11 is 0. The first kappa shape index (κ1) is 13.8. The van der Waals surface area contributed by atoms with Crippen LogP contribution in [0.15, 0.2) is 0 Å². The summed E-state index contributed by atoms with van der Waals surface area (Å²) < 4.78 is 11.5. The van der Waals surface area contributed by atoms with Crippen molar-refractivity contribution in [2.45, 2.75) is 76.1 Å². The lowest BCUT2D eigenvalue weighted by Crippen LogP contribution is -2.48. The van der Waals surface area contributed by atoms with E-state index >= 15 is 0 Å². The van der Waals surface area contributed by atoms with Crippen molar-refractivity contribution in [3.05, 3.63) is 0 Å². The fraction of sp³-hybridized carbons (Fsp3) is 1.00. The topological polar surface area (TPSA) is 38.7 Å². The summed E-state index contributed by atoms with van der Waals surface area (Å²) in [4.78, 5) is 0. The molecule has 0 radical (unpaired) electrons. The number of hydrogen-bond acceptors (Lipinski definition) is 3. The third kappa shape index (κ3) is 2.70. The summed E-state index contributed by atoms with van der Waals surface area (Å²) in [6.07, 6.45) is 9.80. The molecule has 3 aliphatic rings. The van der Waals surface area contributed by atoms with E-state index in [0.29, 0.717) is 5.92 Å². The molecular weight excluding hydrogens is 240 g/mol. The smallest absolute Gasteiger partial charge is 0.168 e. The summed E-state index contributed by atoms with van der Waals surface area (Å²) in [5.41, 5.74) is -0.445. The minimum Gasteiger partial charge on any atom is -0.390 e. The SMILES string of the molecule is CCC1CCC(C2(O)CCC3(CC2)OCCO3)CC1. The van der Waals surface area contributed by atoms with Gasteiger partial charge >= 0.3 is 0 Å². The highest BCUT2D eigenvalue weighted by molar-refractivity contribution is 4.96. The van der Waals surface area contributed by atoms with Crippen LogP contribution >= 0.6 is 0 Å². The van der Waals surface area contributed by atoms with E-state index < -0.39 is 5.60 Å². The lowest BCUT2D eigenvalue weighted by atomic mass is 9.67. The highest BCUT2D eigenvalue weighted by Crippen LogP contribution is 2.47. The Balaban J connectivity index is 1.56. The van der Waals surface area contributed by atoms with Gasteiger partial charge in [-0.1, -0.05) is 26.2 Å². The molecule has 0 unspecified atom stereocenters. The lowest BCUT2D eigenvalue weighted by Gasteiger charge is -2.46.